The molecule has 1 heterocycles. The number of carbonyl (C=O) groups is 2. The van der Waals surface area contributed by atoms with E-state index in [9.17, 15) is 9.59 Å². The number of para-hydroxylation sites is 1. The van der Waals surface area contributed by atoms with E-state index in [1.165, 1.54) is 0 Å². The van der Waals surface area contributed by atoms with Crippen LogP contribution in [0.2, 0.25) is 0 Å². The lowest BCUT2D eigenvalue weighted by molar-refractivity contribution is -0.137. The minimum atomic E-state index is -0.569. The zero-order valence-electron chi connectivity index (χ0n) is 13.7. The summed E-state index contributed by atoms with van der Waals surface area (Å²) in [6, 6.07) is 8.70. The molecule has 126 valence electrons. The van der Waals surface area contributed by atoms with Gasteiger partial charge < -0.3 is 20.7 Å². The summed E-state index contributed by atoms with van der Waals surface area (Å²) >= 11 is 0. The Labute approximate surface area is 137 Å². The van der Waals surface area contributed by atoms with Gasteiger partial charge in [0.25, 0.3) is 5.91 Å². The van der Waals surface area contributed by atoms with Gasteiger partial charge >= 0.3 is 0 Å². The van der Waals surface area contributed by atoms with Crippen LogP contribution < -0.4 is 15.8 Å². The molecular weight excluding hydrogens is 294 g/mol. The molecule has 2 amide bonds. The van der Waals surface area contributed by atoms with E-state index in [2.05, 4.69) is 5.32 Å². The summed E-state index contributed by atoms with van der Waals surface area (Å²) in [6.07, 6.45) is 0.917. The monoisotopic (exact) mass is 319 g/mol. The molecule has 1 aliphatic heterocycles. The van der Waals surface area contributed by atoms with Crippen molar-refractivity contribution >= 4 is 11.8 Å². The second-order valence-electron chi connectivity index (χ2n) is 6.07. The summed E-state index contributed by atoms with van der Waals surface area (Å²) in [6.45, 7) is 4.85. The summed E-state index contributed by atoms with van der Waals surface area (Å²) < 4.78 is 5.38. The SMILES string of the molecule is CC(NC(=O)COc1ccccc1)C(=O)N1CC(CN)CC1C. The molecule has 1 saturated heterocycles. The lowest BCUT2D eigenvalue weighted by atomic mass is 10.1. The van der Waals surface area contributed by atoms with E-state index >= 15 is 0 Å². The van der Waals surface area contributed by atoms with Gasteiger partial charge in [-0.3, -0.25) is 9.59 Å². The first-order chi connectivity index (χ1) is 11.0. The summed E-state index contributed by atoms with van der Waals surface area (Å²) in [4.78, 5) is 26.2. The van der Waals surface area contributed by atoms with Crippen LogP contribution in [0.25, 0.3) is 0 Å². The van der Waals surface area contributed by atoms with Gasteiger partial charge in [0.05, 0.1) is 0 Å². The molecule has 3 atom stereocenters. The molecule has 3 N–H and O–H groups in total. The van der Waals surface area contributed by atoms with Crippen molar-refractivity contribution in [1.29, 1.82) is 0 Å². The highest BCUT2D eigenvalue weighted by Crippen LogP contribution is 2.22. The lowest BCUT2D eigenvalue weighted by Gasteiger charge is -2.25. The van der Waals surface area contributed by atoms with E-state index in [4.69, 9.17) is 10.5 Å². The maximum Gasteiger partial charge on any atom is 0.258 e. The molecule has 1 aromatic carbocycles. The van der Waals surface area contributed by atoms with Crippen molar-refractivity contribution in [2.45, 2.75) is 32.4 Å². The van der Waals surface area contributed by atoms with E-state index in [-0.39, 0.29) is 24.5 Å². The number of hydrogen-bond acceptors (Lipinski definition) is 4. The van der Waals surface area contributed by atoms with Crippen molar-refractivity contribution in [3.05, 3.63) is 30.3 Å². The van der Waals surface area contributed by atoms with Crippen LogP contribution in [-0.4, -0.2) is 48.5 Å². The van der Waals surface area contributed by atoms with Crippen LogP contribution >= 0.6 is 0 Å². The van der Waals surface area contributed by atoms with Crippen molar-refractivity contribution in [3.63, 3.8) is 0 Å². The summed E-state index contributed by atoms with van der Waals surface area (Å²) in [7, 11) is 0. The summed E-state index contributed by atoms with van der Waals surface area (Å²) in [5, 5.41) is 2.69. The fourth-order valence-electron chi connectivity index (χ4n) is 2.88. The van der Waals surface area contributed by atoms with E-state index < -0.39 is 6.04 Å². The smallest absolute Gasteiger partial charge is 0.258 e. The molecule has 0 aliphatic carbocycles. The highest BCUT2D eigenvalue weighted by Gasteiger charge is 2.34. The van der Waals surface area contributed by atoms with Gasteiger partial charge in [-0.1, -0.05) is 18.2 Å². The van der Waals surface area contributed by atoms with Crippen LogP contribution in [0.5, 0.6) is 5.75 Å². The molecule has 1 fully saturated rings. The number of rotatable bonds is 6. The number of amides is 2. The molecule has 23 heavy (non-hydrogen) atoms. The third kappa shape index (κ3) is 4.69. The maximum atomic E-state index is 12.5. The van der Waals surface area contributed by atoms with Gasteiger partial charge in [0.15, 0.2) is 6.61 Å². The first-order valence-corrected chi connectivity index (χ1v) is 7.99. The fourth-order valence-corrected chi connectivity index (χ4v) is 2.88. The van der Waals surface area contributed by atoms with Gasteiger partial charge in [0.1, 0.15) is 11.8 Å². The molecule has 3 unspecified atom stereocenters. The van der Waals surface area contributed by atoms with Crippen molar-refractivity contribution < 1.29 is 14.3 Å². The zero-order valence-corrected chi connectivity index (χ0v) is 13.7. The third-order valence-corrected chi connectivity index (χ3v) is 4.14. The molecule has 0 spiro atoms. The van der Waals surface area contributed by atoms with Gasteiger partial charge in [-0.25, -0.2) is 0 Å². The van der Waals surface area contributed by atoms with Crippen LogP contribution in [0.1, 0.15) is 20.3 Å². The molecule has 6 nitrogen and oxygen atoms in total. The van der Waals surface area contributed by atoms with E-state index in [1.54, 1.807) is 24.0 Å². The fraction of sp³-hybridized carbons (Fsp3) is 0.529. The Hall–Kier alpha value is -2.08. The Balaban J connectivity index is 1.80. The normalized spacial score (nSPS) is 21.8. The summed E-state index contributed by atoms with van der Waals surface area (Å²) in [5.74, 6) is 0.595. The number of nitrogens with two attached hydrogens (primary N) is 1. The lowest BCUT2D eigenvalue weighted by Crippen LogP contribution is -2.49. The van der Waals surface area contributed by atoms with E-state index in [1.807, 2.05) is 25.1 Å². The zero-order chi connectivity index (χ0) is 16.8. The Kier molecular flexibility index (Phi) is 5.98. The van der Waals surface area contributed by atoms with Crippen LogP contribution in [0.4, 0.5) is 0 Å². The second-order valence-corrected chi connectivity index (χ2v) is 6.07. The van der Waals surface area contributed by atoms with Gasteiger partial charge in [-0.05, 0) is 44.9 Å². The average Bonchev–Trinajstić information content (AvgIpc) is 2.94. The quantitative estimate of drug-likeness (QED) is 0.811. The Morgan fingerprint density at radius 2 is 2.09 bits per heavy atom. The molecule has 0 saturated carbocycles. The largest absolute Gasteiger partial charge is 0.484 e. The summed E-state index contributed by atoms with van der Waals surface area (Å²) in [5.41, 5.74) is 5.69. The van der Waals surface area contributed by atoms with Crippen molar-refractivity contribution in [2.75, 3.05) is 19.7 Å². The number of benzene rings is 1. The topological polar surface area (TPSA) is 84.7 Å². The predicted molar refractivity (Wildman–Crippen MR) is 87.9 cm³/mol. The van der Waals surface area contributed by atoms with Gasteiger partial charge in [-0.15, -0.1) is 0 Å². The second kappa shape index (κ2) is 7.97. The molecular formula is C17H25N3O3. The standard InChI is InChI=1S/C17H25N3O3/c1-12-8-14(9-18)10-20(12)17(22)13(2)19-16(21)11-23-15-6-4-3-5-7-15/h3-7,12-14H,8-11,18H2,1-2H3,(H,19,21). The highest BCUT2D eigenvalue weighted by molar-refractivity contribution is 5.88. The Morgan fingerprint density at radius 3 is 2.70 bits per heavy atom. The van der Waals surface area contributed by atoms with Crippen LogP contribution in [0.15, 0.2) is 30.3 Å². The maximum absolute atomic E-state index is 12.5. The first-order valence-electron chi connectivity index (χ1n) is 7.99. The van der Waals surface area contributed by atoms with E-state index in [0.29, 0.717) is 24.8 Å². The van der Waals surface area contributed by atoms with Crippen molar-refractivity contribution in [3.8, 4) is 5.75 Å². The first kappa shape index (κ1) is 17.3. The number of carbonyl (C=O) groups excluding carboxylic acids is 2. The Morgan fingerprint density at radius 1 is 1.39 bits per heavy atom. The minimum Gasteiger partial charge on any atom is -0.484 e. The average molecular weight is 319 g/mol. The third-order valence-electron chi connectivity index (χ3n) is 4.14. The van der Waals surface area contributed by atoms with Crippen LogP contribution in [0, 0.1) is 5.92 Å². The van der Waals surface area contributed by atoms with Gasteiger partial charge in [0, 0.05) is 12.6 Å². The number of nitrogens with one attached hydrogen (secondary N) is 1. The van der Waals surface area contributed by atoms with Crippen LogP contribution in [-0.2, 0) is 9.59 Å². The predicted octanol–water partition coefficient (Wildman–Crippen LogP) is 0.766. The number of ether oxygens (including phenoxy) is 1. The molecule has 1 aromatic rings. The van der Waals surface area contributed by atoms with Crippen molar-refractivity contribution in [1.82, 2.24) is 10.2 Å². The number of nitrogens with zero attached hydrogens (tertiary/aromatic N) is 1. The van der Waals surface area contributed by atoms with E-state index in [0.717, 1.165) is 6.42 Å². The molecule has 2 rings (SSSR count). The molecule has 0 bridgehead atoms. The minimum absolute atomic E-state index is 0.0680. The highest BCUT2D eigenvalue weighted by atomic mass is 16.5. The molecule has 0 aromatic heterocycles. The van der Waals surface area contributed by atoms with Gasteiger partial charge in [-0.2, -0.15) is 0 Å². The molecule has 0 radical (unpaired) electrons. The van der Waals surface area contributed by atoms with Crippen molar-refractivity contribution in [2.24, 2.45) is 11.7 Å². The number of hydrogen-bond donors (Lipinski definition) is 2. The molecule has 1 aliphatic rings. The Bertz CT molecular complexity index is 535. The number of likely N-dealkylation sites (tertiary alicyclic amines) is 1. The van der Waals surface area contributed by atoms with Gasteiger partial charge in [0.2, 0.25) is 5.91 Å². The molecule has 6 heteroatoms. The van der Waals surface area contributed by atoms with Crippen LogP contribution in [0.3, 0.4) is 0 Å².